The van der Waals surface area contributed by atoms with E-state index in [0.717, 1.165) is 25.0 Å². The molecule has 0 aromatic heterocycles. The Morgan fingerprint density at radius 3 is 2.88 bits per heavy atom. The lowest BCUT2D eigenvalue weighted by atomic mass is 10.1. The van der Waals surface area contributed by atoms with Crippen LogP contribution in [0.5, 0.6) is 0 Å². The Bertz CT molecular complexity index is 380. The highest BCUT2D eigenvalue weighted by Crippen LogP contribution is 2.35. The molecule has 1 aromatic carbocycles. The highest BCUT2D eigenvalue weighted by Gasteiger charge is 2.45. The van der Waals surface area contributed by atoms with Crippen LogP contribution in [0.1, 0.15) is 37.3 Å². The van der Waals surface area contributed by atoms with Crippen molar-refractivity contribution in [2.75, 3.05) is 6.61 Å². The van der Waals surface area contributed by atoms with Crippen LogP contribution >= 0.6 is 0 Å². The largest absolute Gasteiger partial charge is 0.343 e. The third kappa shape index (κ3) is 3.18. The smallest absolute Gasteiger partial charge is 0.192 e. The summed E-state index contributed by atoms with van der Waals surface area (Å²) in [5, 5.41) is 0. The first-order valence-corrected chi connectivity index (χ1v) is 6.28. The quantitative estimate of drug-likeness (QED) is 0.668. The van der Waals surface area contributed by atoms with Crippen molar-refractivity contribution in [3.05, 3.63) is 42.0 Å². The van der Waals surface area contributed by atoms with Crippen molar-refractivity contribution in [2.45, 2.75) is 38.6 Å². The van der Waals surface area contributed by atoms with E-state index in [-0.39, 0.29) is 5.79 Å². The zero-order valence-electron chi connectivity index (χ0n) is 10.4. The van der Waals surface area contributed by atoms with Crippen LogP contribution in [0.25, 0.3) is 6.08 Å². The molecule has 0 radical (unpaired) electrons. The van der Waals surface area contributed by atoms with Crippen molar-refractivity contribution >= 4 is 6.08 Å². The Morgan fingerprint density at radius 1 is 1.47 bits per heavy atom. The van der Waals surface area contributed by atoms with Crippen molar-refractivity contribution in [1.29, 1.82) is 0 Å². The Hall–Kier alpha value is -1.12. The Kier molecular flexibility index (Phi) is 3.97. The maximum Gasteiger partial charge on any atom is 0.192 e. The summed E-state index contributed by atoms with van der Waals surface area (Å²) >= 11 is 0. The van der Waals surface area contributed by atoms with Crippen LogP contribution in [-0.2, 0) is 16.1 Å². The van der Waals surface area contributed by atoms with Gasteiger partial charge in [-0.25, -0.2) is 0 Å². The number of benzene rings is 1. The predicted octanol–water partition coefficient (Wildman–Crippen LogP) is 3.76. The molecule has 1 fully saturated rings. The molecule has 0 N–H and O–H groups in total. The first-order valence-electron chi connectivity index (χ1n) is 6.28. The molecule has 1 atom stereocenters. The lowest BCUT2D eigenvalue weighted by molar-refractivity contribution is -0.0601. The van der Waals surface area contributed by atoms with E-state index < -0.39 is 0 Å². The fourth-order valence-electron chi connectivity index (χ4n) is 1.90. The summed E-state index contributed by atoms with van der Waals surface area (Å²) in [4.78, 5) is 0. The standard InChI is InChI=1S/C15H20O2/c1-3-5-10-15(12-17-15)16-11-14-9-7-6-8-13(14)4-2/h4,6-9H,2-3,5,10-12H2,1H3. The Balaban J connectivity index is 1.91. The van der Waals surface area contributed by atoms with Gasteiger partial charge in [0.1, 0.15) is 6.61 Å². The van der Waals surface area contributed by atoms with Crippen LogP contribution in [0.3, 0.4) is 0 Å². The molecule has 0 aliphatic carbocycles. The summed E-state index contributed by atoms with van der Waals surface area (Å²) in [6, 6.07) is 8.17. The lowest BCUT2D eigenvalue weighted by Gasteiger charge is -2.14. The van der Waals surface area contributed by atoms with Crippen molar-refractivity contribution in [1.82, 2.24) is 0 Å². The van der Waals surface area contributed by atoms with Gasteiger partial charge >= 0.3 is 0 Å². The van der Waals surface area contributed by atoms with Crippen LogP contribution in [0.15, 0.2) is 30.8 Å². The summed E-state index contributed by atoms with van der Waals surface area (Å²) in [6.45, 7) is 7.34. The van der Waals surface area contributed by atoms with Gasteiger partial charge in [-0.2, -0.15) is 0 Å². The molecule has 0 saturated carbocycles. The number of hydrogen-bond acceptors (Lipinski definition) is 2. The van der Waals surface area contributed by atoms with E-state index in [2.05, 4.69) is 25.6 Å². The molecule has 2 rings (SSSR count). The summed E-state index contributed by atoms with van der Waals surface area (Å²) in [5.74, 6) is -0.287. The maximum absolute atomic E-state index is 5.90. The molecule has 2 nitrogen and oxygen atoms in total. The SMILES string of the molecule is C=Cc1ccccc1COC1(CCCC)CO1. The van der Waals surface area contributed by atoms with Crippen molar-refractivity contribution in [2.24, 2.45) is 0 Å². The van der Waals surface area contributed by atoms with Gasteiger partial charge in [-0.3, -0.25) is 0 Å². The van der Waals surface area contributed by atoms with Crippen molar-refractivity contribution in [3.63, 3.8) is 0 Å². The minimum Gasteiger partial charge on any atom is -0.343 e. The zero-order chi connectivity index (χ0) is 12.1. The van der Waals surface area contributed by atoms with Gasteiger partial charge in [-0.05, 0) is 17.5 Å². The molecule has 0 bridgehead atoms. The van der Waals surface area contributed by atoms with Gasteiger partial charge in [-0.1, -0.05) is 50.3 Å². The topological polar surface area (TPSA) is 21.8 Å². The Labute approximate surface area is 103 Å². The minimum absolute atomic E-state index is 0.287. The molecule has 92 valence electrons. The molecule has 17 heavy (non-hydrogen) atoms. The normalized spacial score (nSPS) is 22.4. The van der Waals surface area contributed by atoms with Gasteiger partial charge in [0.05, 0.1) is 6.61 Å². The zero-order valence-corrected chi connectivity index (χ0v) is 10.4. The van der Waals surface area contributed by atoms with Gasteiger partial charge in [0.15, 0.2) is 5.79 Å². The first-order chi connectivity index (χ1) is 8.29. The van der Waals surface area contributed by atoms with Gasteiger partial charge in [0.25, 0.3) is 0 Å². The molecular formula is C15H20O2. The average Bonchev–Trinajstić information content (AvgIpc) is 3.15. The van der Waals surface area contributed by atoms with E-state index in [0.29, 0.717) is 6.61 Å². The third-order valence-electron chi connectivity index (χ3n) is 3.14. The number of rotatable bonds is 7. The van der Waals surface area contributed by atoms with E-state index in [1.165, 1.54) is 12.0 Å². The second-order valence-corrected chi connectivity index (χ2v) is 4.49. The molecule has 1 saturated heterocycles. The fourth-order valence-corrected chi connectivity index (χ4v) is 1.90. The second kappa shape index (κ2) is 5.48. The van der Waals surface area contributed by atoms with E-state index in [1.807, 2.05) is 18.2 Å². The number of ether oxygens (including phenoxy) is 2. The van der Waals surface area contributed by atoms with Crippen LogP contribution in [0.2, 0.25) is 0 Å². The molecule has 1 aliphatic rings. The monoisotopic (exact) mass is 232 g/mol. The summed E-state index contributed by atoms with van der Waals surface area (Å²) in [7, 11) is 0. The molecule has 0 amide bonds. The van der Waals surface area contributed by atoms with Crippen LogP contribution in [0.4, 0.5) is 0 Å². The average molecular weight is 232 g/mol. The molecule has 0 spiro atoms. The summed E-state index contributed by atoms with van der Waals surface area (Å²) < 4.78 is 11.3. The number of epoxide rings is 1. The molecular weight excluding hydrogens is 212 g/mol. The van der Waals surface area contributed by atoms with Crippen molar-refractivity contribution in [3.8, 4) is 0 Å². The molecule has 1 aromatic rings. The lowest BCUT2D eigenvalue weighted by Crippen LogP contribution is -2.16. The number of unbranched alkanes of at least 4 members (excludes halogenated alkanes) is 1. The van der Waals surface area contributed by atoms with E-state index in [9.17, 15) is 0 Å². The van der Waals surface area contributed by atoms with E-state index in [1.54, 1.807) is 0 Å². The van der Waals surface area contributed by atoms with E-state index in [4.69, 9.17) is 9.47 Å². The van der Waals surface area contributed by atoms with Gasteiger partial charge < -0.3 is 9.47 Å². The van der Waals surface area contributed by atoms with Crippen LogP contribution in [0, 0.1) is 0 Å². The van der Waals surface area contributed by atoms with Gasteiger partial charge in [-0.15, -0.1) is 0 Å². The molecule has 1 aliphatic heterocycles. The molecule has 1 heterocycles. The fraction of sp³-hybridized carbons (Fsp3) is 0.467. The van der Waals surface area contributed by atoms with Crippen molar-refractivity contribution < 1.29 is 9.47 Å². The maximum atomic E-state index is 5.90. The third-order valence-corrected chi connectivity index (χ3v) is 3.14. The molecule has 2 heteroatoms. The molecule has 1 unspecified atom stereocenters. The first kappa shape index (κ1) is 12.3. The van der Waals surface area contributed by atoms with Gasteiger partial charge in [0.2, 0.25) is 0 Å². The second-order valence-electron chi connectivity index (χ2n) is 4.49. The van der Waals surface area contributed by atoms with Crippen LogP contribution < -0.4 is 0 Å². The highest BCUT2D eigenvalue weighted by molar-refractivity contribution is 5.51. The van der Waals surface area contributed by atoms with E-state index >= 15 is 0 Å². The predicted molar refractivity (Wildman–Crippen MR) is 69.5 cm³/mol. The Morgan fingerprint density at radius 2 is 2.24 bits per heavy atom. The summed E-state index contributed by atoms with van der Waals surface area (Å²) in [5.41, 5.74) is 2.31. The van der Waals surface area contributed by atoms with Crippen LogP contribution in [-0.4, -0.2) is 12.4 Å². The minimum atomic E-state index is -0.287. The van der Waals surface area contributed by atoms with Gasteiger partial charge in [0, 0.05) is 6.42 Å². The summed E-state index contributed by atoms with van der Waals surface area (Å²) in [6.07, 6.45) is 5.20. The highest BCUT2D eigenvalue weighted by atomic mass is 16.8. The number of hydrogen-bond donors (Lipinski definition) is 0.